The molecule has 2 bridgehead atoms. The van der Waals surface area contributed by atoms with Crippen molar-refractivity contribution in [2.75, 3.05) is 4.90 Å². The van der Waals surface area contributed by atoms with Gasteiger partial charge in [-0.05, 0) is 60.9 Å². The van der Waals surface area contributed by atoms with E-state index >= 15 is 0 Å². The van der Waals surface area contributed by atoms with E-state index in [1.54, 1.807) is 0 Å². The number of H-pyrrole nitrogens is 1. The van der Waals surface area contributed by atoms with Gasteiger partial charge in [0.25, 0.3) is 5.95 Å². The molecule has 0 spiro atoms. The van der Waals surface area contributed by atoms with E-state index in [9.17, 15) is 4.79 Å². The molecule has 3 fully saturated rings. The Kier molecular flexibility index (Phi) is 3.89. The number of fused-ring (bicyclic) bond motifs is 2. The van der Waals surface area contributed by atoms with Crippen LogP contribution in [0.1, 0.15) is 44.6 Å². The number of hydrogen-bond acceptors (Lipinski definition) is 5. The van der Waals surface area contributed by atoms with Crippen LogP contribution in [0.5, 0.6) is 0 Å². The van der Waals surface area contributed by atoms with Gasteiger partial charge in [-0.2, -0.15) is 5.21 Å². The molecule has 2 aliphatic heterocycles. The van der Waals surface area contributed by atoms with Crippen LogP contribution in [-0.2, 0) is 10.2 Å². The number of amides is 1. The highest BCUT2D eigenvalue weighted by Crippen LogP contribution is 2.49. The van der Waals surface area contributed by atoms with Gasteiger partial charge in [-0.3, -0.25) is 4.79 Å². The number of aromatic amines is 1. The maximum absolute atomic E-state index is 13.2. The number of hydrogen-bond donors (Lipinski definition) is 2. The normalized spacial score (nSPS) is 31.0. The molecule has 3 aliphatic rings. The Bertz CT molecular complexity index is 834. The van der Waals surface area contributed by atoms with Crippen molar-refractivity contribution in [3.63, 3.8) is 0 Å². The van der Waals surface area contributed by atoms with Crippen LogP contribution in [0.4, 0.5) is 5.95 Å². The summed E-state index contributed by atoms with van der Waals surface area (Å²) in [5, 5.41) is 18.8. The third kappa shape index (κ3) is 2.71. The van der Waals surface area contributed by atoms with Gasteiger partial charge in [0, 0.05) is 17.1 Å². The maximum Gasteiger partial charge on any atom is 0.266 e. The zero-order chi connectivity index (χ0) is 18.6. The van der Waals surface area contributed by atoms with E-state index in [2.05, 4.69) is 37.8 Å². The van der Waals surface area contributed by atoms with Crippen LogP contribution in [0.15, 0.2) is 24.3 Å². The quantitative estimate of drug-likeness (QED) is 0.842. The highest BCUT2D eigenvalue weighted by Gasteiger charge is 2.54. The van der Waals surface area contributed by atoms with E-state index in [4.69, 9.17) is 11.6 Å². The van der Waals surface area contributed by atoms with Crippen molar-refractivity contribution in [1.29, 1.82) is 0 Å². The van der Waals surface area contributed by atoms with E-state index in [1.165, 1.54) is 0 Å². The molecule has 0 radical (unpaired) electrons. The number of carbonyl (C=O) groups is 1. The van der Waals surface area contributed by atoms with Gasteiger partial charge in [0.1, 0.15) is 0 Å². The lowest BCUT2D eigenvalue weighted by atomic mass is 9.87. The average Bonchev–Trinajstić information content (AvgIpc) is 3.13. The Balaban J connectivity index is 1.37. The first-order valence-corrected chi connectivity index (χ1v) is 10.0. The second-order valence-corrected chi connectivity index (χ2v) is 8.65. The van der Waals surface area contributed by atoms with Crippen LogP contribution in [-0.4, -0.2) is 44.7 Å². The fourth-order valence-electron chi connectivity index (χ4n) is 5.10. The molecule has 1 aliphatic carbocycles. The van der Waals surface area contributed by atoms with Gasteiger partial charge >= 0.3 is 0 Å². The van der Waals surface area contributed by atoms with Crippen LogP contribution in [0.25, 0.3) is 0 Å². The number of anilines is 1. The van der Waals surface area contributed by atoms with Gasteiger partial charge in [0.05, 0.1) is 11.5 Å². The standard InChI is InChI=1S/C19H23ClN6O/c1-11-10-14(16-7-6-15(11)26(16)18-22-24-25-23-18)21-17(27)19(8-9-19)12-2-4-13(20)5-3-12/h2-5,11,14-16H,6-10H2,1H3,(H,21,27)(H,22,23,24,25)/t11-,14-,15+,16-/m1/s1. The molecule has 8 heteroatoms. The molecule has 2 N–H and O–H groups in total. The first-order valence-electron chi connectivity index (χ1n) is 9.67. The second-order valence-electron chi connectivity index (χ2n) is 8.21. The number of nitrogens with one attached hydrogen (secondary N) is 2. The van der Waals surface area contributed by atoms with Crippen LogP contribution in [0.3, 0.4) is 0 Å². The number of aromatic nitrogens is 4. The van der Waals surface area contributed by atoms with Gasteiger partial charge < -0.3 is 10.2 Å². The summed E-state index contributed by atoms with van der Waals surface area (Å²) in [7, 11) is 0. The molecular formula is C19H23ClN6O. The third-order valence-electron chi connectivity index (χ3n) is 6.68. The summed E-state index contributed by atoms with van der Waals surface area (Å²) in [6.07, 6.45) is 4.93. The van der Waals surface area contributed by atoms with Crippen LogP contribution in [0.2, 0.25) is 5.02 Å². The molecule has 1 saturated carbocycles. The van der Waals surface area contributed by atoms with Crippen molar-refractivity contribution >= 4 is 23.5 Å². The summed E-state index contributed by atoms with van der Waals surface area (Å²) in [6, 6.07) is 8.46. The second kappa shape index (κ2) is 6.19. The Labute approximate surface area is 162 Å². The van der Waals surface area contributed by atoms with Gasteiger partial charge in [0.2, 0.25) is 5.91 Å². The summed E-state index contributed by atoms with van der Waals surface area (Å²) in [5.74, 6) is 1.26. The first-order chi connectivity index (χ1) is 13.1. The topological polar surface area (TPSA) is 86.8 Å². The minimum Gasteiger partial charge on any atom is -0.351 e. The van der Waals surface area contributed by atoms with E-state index in [0.29, 0.717) is 22.9 Å². The van der Waals surface area contributed by atoms with E-state index in [-0.39, 0.29) is 23.4 Å². The lowest BCUT2D eigenvalue weighted by molar-refractivity contribution is -0.124. The molecular weight excluding hydrogens is 364 g/mol. The minimum absolute atomic E-state index is 0.106. The first kappa shape index (κ1) is 17.0. The zero-order valence-corrected chi connectivity index (χ0v) is 16.0. The van der Waals surface area contributed by atoms with Crippen molar-refractivity contribution in [2.45, 2.75) is 62.6 Å². The number of piperidine rings is 1. The van der Waals surface area contributed by atoms with Crippen molar-refractivity contribution in [3.8, 4) is 0 Å². The van der Waals surface area contributed by atoms with Gasteiger partial charge in [-0.25, -0.2) is 0 Å². The minimum atomic E-state index is -0.389. The highest BCUT2D eigenvalue weighted by molar-refractivity contribution is 6.30. The molecule has 4 atom stereocenters. The van der Waals surface area contributed by atoms with Gasteiger partial charge in [0.15, 0.2) is 0 Å². The third-order valence-corrected chi connectivity index (χ3v) is 6.93. The fourth-order valence-corrected chi connectivity index (χ4v) is 5.23. The van der Waals surface area contributed by atoms with Crippen LogP contribution >= 0.6 is 11.6 Å². The zero-order valence-electron chi connectivity index (χ0n) is 15.2. The Morgan fingerprint density at radius 2 is 2.00 bits per heavy atom. The molecule has 1 aromatic carbocycles. The molecule has 3 heterocycles. The van der Waals surface area contributed by atoms with Crippen molar-refractivity contribution in [1.82, 2.24) is 25.9 Å². The number of nitrogens with zero attached hydrogens (tertiary/aromatic N) is 4. The van der Waals surface area contributed by atoms with Crippen LogP contribution in [0, 0.1) is 5.92 Å². The summed E-state index contributed by atoms with van der Waals surface area (Å²) >= 11 is 6.02. The van der Waals surface area contributed by atoms with E-state index in [1.807, 2.05) is 24.3 Å². The van der Waals surface area contributed by atoms with Crippen molar-refractivity contribution < 1.29 is 4.79 Å². The van der Waals surface area contributed by atoms with E-state index < -0.39 is 0 Å². The van der Waals surface area contributed by atoms with Gasteiger partial charge in [-0.1, -0.05) is 35.8 Å². The van der Waals surface area contributed by atoms with E-state index in [0.717, 1.165) is 37.7 Å². The number of halogens is 1. The molecule has 1 aromatic heterocycles. The molecule has 0 unspecified atom stereocenters. The fraction of sp³-hybridized carbons (Fsp3) is 0.579. The lowest BCUT2D eigenvalue weighted by Crippen LogP contribution is -2.58. The average molecular weight is 387 g/mol. The van der Waals surface area contributed by atoms with Gasteiger partial charge in [-0.15, -0.1) is 5.10 Å². The van der Waals surface area contributed by atoms with Crippen molar-refractivity contribution in [2.24, 2.45) is 5.92 Å². The molecule has 142 valence electrons. The summed E-state index contributed by atoms with van der Waals surface area (Å²) in [6.45, 7) is 2.25. The SMILES string of the molecule is C[C@@H]1C[C@@H](NC(=O)C2(c3ccc(Cl)cc3)CC2)[C@H]2CC[C@@H]1N2c1nn[nH]n1. The highest BCUT2D eigenvalue weighted by atomic mass is 35.5. The molecule has 5 rings (SSSR count). The predicted octanol–water partition coefficient (Wildman–Crippen LogP) is 2.45. The summed E-state index contributed by atoms with van der Waals surface area (Å²) in [5.41, 5.74) is 0.674. The molecule has 2 saturated heterocycles. The number of benzene rings is 1. The monoisotopic (exact) mass is 386 g/mol. The smallest absolute Gasteiger partial charge is 0.266 e. The number of carbonyl (C=O) groups excluding carboxylic acids is 1. The lowest BCUT2D eigenvalue weighted by Gasteiger charge is -2.43. The number of rotatable bonds is 4. The molecule has 27 heavy (non-hydrogen) atoms. The molecule has 1 amide bonds. The summed E-state index contributed by atoms with van der Waals surface area (Å²) < 4.78 is 0. The Hall–Kier alpha value is -2.15. The molecule has 7 nitrogen and oxygen atoms in total. The Morgan fingerprint density at radius 3 is 2.67 bits per heavy atom. The Morgan fingerprint density at radius 1 is 1.26 bits per heavy atom. The predicted molar refractivity (Wildman–Crippen MR) is 102 cm³/mol. The van der Waals surface area contributed by atoms with Crippen LogP contribution < -0.4 is 10.2 Å². The number of tetrazole rings is 1. The largest absolute Gasteiger partial charge is 0.351 e. The van der Waals surface area contributed by atoms with Crippen molar-refractivity contribution in [3.05, 3.63) is 34.9 Å². The maximum atomic E-state index is 13.2. The molecule has 2 aromatic rings. The summed E-state index contributed by atoms with van der Waals surface area (Å²) in [4.78, 5) is 15.5.